The molecule has 1 saturated heterocycles. The number of hydrogen-bond donors (Lipinski definition) is 3. The first-order valence-corrected chi connectivity index (χ1v) is 10.6. The Labute approximate surface area is 186 Å². The molecule has 8 heteroatoms. The molecular weight excluding hydrogens is 406 g/mol. The van der Waals surface area contributed by atoms with Crippen LogP contribution < -0.4 is 16.4 Å². The van der Waals surface area contributed by atoms with Crippen LogP contribution in [0.2, 0.25) is 0 Å². The summed E-state index contributed by atoms with van der Waals surface area (Å²) in [7, 11) is 1.33. The number of rotatable bonds is 5. The number of pyridine rings is 1. The van der Waals surface area contributed by atoms with Gasteiger partial charge in [-0.15, -0.1) is 0 Å². The molecule has 0 radical (unpaired) electrons. The molecule has 4 rings (SSSR count). The van der Waals surface area contributed by atoms with Crippen LogP contribution in [0.3, 0.4) is 0 Å². The molecule has 0 unspecified atom stereocenters. The van der Waals surface area contributed by atoms with E-state index in [2.05, 4.69) is 20.4 Å². The Morgan fingerprint density at radius 2 is 2.00 bits per heavy atom. The van der Waals surface area contributed by atoms with Crippen molar-refractivity contribution in [3.63, 3.8) is 0 Å². The Bertz CT molecular complexity index is 1160. The number of hydrogen-bond acceptors (Lipinski definition) is 6. The van der Waals surface area contributed by atoms with Crippen molar-refractivity contribution in [1.29, 1.82) is 0 Å². The van der Waals surface area contributed by atoms with E-state index in [0.29, 0.717) is 18.1 Å². The topological polar surface area (TPSA) is 110 Å². The molecule has 1 fully saturated rings. The van der Waals surface area contributed by atoms with Gasteiger partial charge in [-0.3, -0.25) is 10.1 Å². The molecule has 2 aromatic carbocycles. The minimum Gasteiger partial charge on any atom is -0.453 e. The number of aryl methyl sites for hydroxylation is 1. The van der Waals surface area contributed by atoms with E-state index in [-0.39, 0.29) is 18.5 Å². The van der Waals surface area contributed by atoms with Gasteiger partial charge in [-0.1, -0.05) is 6.07 Å². The Balaban J connectivity index is 1.47. The molecule has 2 amide bonds. The number of carbonyl (C=O) groups excluding carboxylic acids is 2. The second kappa shape index (κ2) is 9.13. The number of nitrogens with one attached hydrogen (secondary N) is 2. The summed E-state index contributed by atoms with van der Waals surface area (Å²) in [5.41, 5.74) is 9.55. The average molecular weight is 434 g/mol. The maximum atomic E-state index is 13.1. The predicted molar refractivity (Wildman–Crippen MR) is 126 cm³/mol. The van der Waals surface area contributed by atoms with Crippen molar-refractivity contribution in [1.82, 2.24) is 9.88 Å². The SMILES string of the molecule is COC(=O)Nc1ccc(C)c([C@H]2CCCN2C(=O)CNc2ccc3c(N)nccc3c2)c1. The number of likely N-dealkylation sites (tertiary alicyclic amines) is 1. The summed E-state index contributed by atoms with van der Waals surface area (Å²) in [6.07, 6.45) is 2.98. The first kappa shape index (κ1) is 21.4. The summed E-state index contributed by atoms with van der Waals surface area (Å²) >= 11 is 0. The first-order chi connectivity index (χ1) is 15.5. The van der Waals surface area contributed by atoms with E-state index in [0.717, 1.165) is 40.4 Å². The van der Waals surface area contributed by atoms with E-state index in [9.17, 15) is 9.59 Å². The number of carbonyl (C=O) groups is 2. The Morgan fingerprint density at radius 1 is 1.19 bits per heavy atom. The van der Waals surface area contributed by atoms with E-state index in [1.165, 1.54) is 7.11 Å². The summed E-state index contributed by atoms with van der Waals surface area (Å²) in [6, 6.07) is 13.4. The van der Waals surface area contributed by atoms with Crippen LogP contribution in [0.5, 0.6) is 0 Å². The lowest BCUT2D eigenvalue weighted by atomic mass is 9.98. The molecule has 0 bridgehead atoms. The molecule has 1 atom stereocenters. The number of benzene rings is 2. The third-order valence-corrected chi connectivity index (χ3v) is 5.88. The van der Waals surface area contributed by atoms with Gasteiger partial charge in [-0.25, -0.2) is 9.78 Å². The van der Waals surface area contributed by atoms with Crippen LogP contribution in [-0.4, -0.2) is 42.1 Å². The summed E-state index contributed by atoms with van der Waals surface area (Å²) in [6.45, 7) is 2.92. The van der Waals surface area contributed by atoms with Gasteiger partial charge in [0.05, 0.1) is 19.7 Å². The van der Waals surface area contributed by atoms with Gasteiger partial charge in [0.1, 0.15) is 5.82 Å². The monoisotopic (exact) mass is 433 g/mol. The van der Waals surface area contributed by atoms with Crippen molar-refractivity contribution in [3.8, 4) is 0 Å². The summed E-state index contributed by atoms with van der Waals surface area (Å²) in [4.78, 5) is 30.7. The maximum absolute atomic E-state index is 13.1. The highest BCUT2D eigenvalue weighted by molar-refractivity contribution is 5.93. The van der Waals surface area contributed by atoms with Crippen LogP contribution in [0.1, 0.15) is 30.0 Å². The number of fused-ring (bicyclic) bond motifs is 1. The van der Waals surface area contributed by atoms with E-state index in [1.807, 2.05) is 54.3 Å². The Morgan fingerprint density at radius 3 is 2.81 bits per heavy atom. The Hall–Kier alpha value is -3.81. The molecule has 8 nitrogen and oxygen atoms in total. The third kappa shape index (κ3) is 4.44. The lowest BCUT2D eigenvalue weighted by molar-refractivity contribution is -0.130. The minimum absolute atomic E-state index is 0.0221. The van der Waals surface area contributed by atoms with E-state index < -0.39 is 6.09 Å². The van der Waals surface area contributed by atoms with Crippen LogP contribution >= 0.6 is 0 Å². The van der Waals surface area contributed by atoms with Crippen molar-refractivity contribution in [2.24, 2.45) is 0 Å². The number of ether oxygens (including phenoxy) is 1. The zero-order chi connectivity index (χ0) is 22.7. The van der Waals surface area contributed by atoms with Gasteiger partial charge < -0.3 is 20.7 Å². The highest BCUT2D eigenvalue weighted by Gasteiger charge is 2.30. The van der Waals surface area contributed by atoms with Crippen LogP contribution in [-0.2, 0) is 9.53 Å². The van der Waals surface area contributed by atoms with Crippen molar-refractivity contribution < 1.29 is 14.3 Å². The minimum atomic E-state index is -0.517. The standard InChI is InChI=1S/C24H27N5O3/c1-15-5-6-18(28-24(31)32-2)13-20(15)21-4-3-11-29(21)22(30)14-27-17-7-8-19-16(12-17)9-10-26-23(19)25/h5-10,12-13,21,27H,3-4,11,14H2,1-2H3,(H2,25,26)(H,28,31)/t21-/m1/s1. The van der Waals surface area contributed by atoms with Crippen LogP contribution in [0.4, 0.5) is 22.0 Å². The van der Waals surface area contributed by atoms with Crippen molar-refractivity contribution >= 4 is 40.0 Å². The highest BCUT2D eigenvalue weighted by atomic mass is 16.5. The predicted octanol–water partition coefficient (Wildman–Crippen LogP) is 4.08. The van der Waals surface area contributed by atoms with Crippen molar-refractivity contribution in [3.05, 3.63) is 59.8 Å². The number of methoxy groups -OCH3 is 1. The fraction of sp³-hybridized carbons (Fsp3) is 0.292. The zero-order valence-corrected chi connectivity index (χ0v) is 18.2. The molecular formula is C24H27N5O3. The summed E-state index contributed by atoms with van der Waals surface area (Å²) in [5.74, 6) is 0.525. The van der Waals surface area contributed by atoms with E-state index >= 15 is 0 Å². The van der Waals surface area contributed by atoms with Crippen molar-refractivity contribution in [2.75, 3.05) is 36.6 Å². The summed E-state index contributed by atoms with van der Waals surface area (Å²) < 4.78 is 4.68. The second-order valence-electron chi connectivity index (χ2n) is 7.92. The molecule has 0 saturated carbocycles. The largest absolute Gasteiger partial charge is 0.453 e. The molecule has 0 aliphatic carbocycles. The molecule has 1 aliphatic rings. The molecule has 1 aromatic heterocycles. The van der Waals surface area contributed by atoms with Crippen LogP contribution in [0.25, 0.3) is 10.8 Å². The number of nitrogen functional groups attached to an aromatic ring is 1. The lowest BCUT2D eigenvalue weighted by Gasteiger charge is -2.27. The second-order valence-corrected chi connectivity index (χ2v) is 7.92. The smallest absolute Gasteiger partial charge is 0.411 e. The first-order valence-electron chi connectivity index (χ1n) is 10.6. The summed E-state index contributed by atoms with van der Waals surface area (Å²) in [5, 5.41) is 7.80. The molecule has 4 N–H and O–H groups in total. The fourth-order valence-electron chi connectivity index (χ4n) is 4.23. The highest BCUT2D eigenvalue weighted by Crippen LogP contribution is 2.35. The number of nitrogens with zero attached hydrogens (tertiary/aromatic N) is 2. The lowest BCUT2D eigenvalue weighted by Crippen LogP contribution is -2.35. The van der Waals surface area contributed by atoms with Crippen LogP contribution in [0.15, 0.2) is 48.7 Å². The van der Waals surface area contributed by atoms with Gasteiger partial charge >= 0.3 is 6.09 Å². The molecule has 2 heterocycles. The van der Waals surface area contributed by atoms with Crippen LogP contribution in [0, 0.1) is 6.92 Å². The quantitative estimate of drug-likeness (QED) is 0.559. The molecule has 0 spiro atoms. The normalized spacial score (nSPS) is 15.6. The number of amides is 2. The molecule has 3 aromatic rings. The van der Waals surface area contributed by atoms with E-state index in [4.69, 9.17) is 5.73 Å². The molecule has 166 valence electrons. The number of nitrogens with two attached hydrogens (primary N) is 1. The number of aromatic nitrogens is 1. The van der Waals surface area contributed by atoms with Crippen molar-refractivity contribution in [2.45, 2.75) is 25.8 Å². The molecule has 1 aliphatic heterocycles. The van der Waals surface area contributed by atoms with E-state index in [1.54, 1.807) is 6.20 Å². The third-order valence-electron chi connectivity index (χ3n) is 5.88. The average Bonchev–Trinajstić information content (AvgIpc) is 3.28. The number of anilines is 3. The maximum Gasteiger partial charge on any atom is 0.411 e. The van der Waals surface area contributed by atoms with Gasteiger partial charge in [0.2, 0.25) is 5.91 Å². The zero-order valence-electron chi connectivity index (χ0n) is 18.2. The fourth-order valence-corrected chi connectivity index (χ4v) is 4.23. The van der Waals surface area contributed by atoms with Gasteiger partial charge in [0.25, 0.3) is 0 Å². The van der Waals surface area contributed by atoms with Gasteiger partial charge in [-0.05, 0) is 72.7 Å². The van der Waals surface area contributed by atoms with Gasteiger partial charge in [0, 0.05) is 29.5 Å². The van der Waals surface area contributed by atoms with Gasteiger partial charge in [-0.2, -0.15) is 0 Å². The van der Waals surface area contributed by atoms with Gasteiger partial charge in [0.15, 0.2) is 0 Å². The Kier molecular flexibility index (Phi) is 6.11. The molecule has 32 heavy (non-hydrogen) atoms.